The number of nitrogens with one attached hydrogen (secondary N) is 1. The lowest BCUT2D eigenvalue weighted by Crippen LogP contribution is -2.37. The van der Waals surface area contributed by atoms with E-state index in [1.165, 1.54) is 25.4 Å². The molecular formula is C17H17N3O6S. The summed E-state index contributed by atoms with van der Waals surface area (Å²) in [6, 6.07) is 10.9. The molecule has 0 atom stereocenters. The number of nitrogens with zero attached hydrogens (tertiary/aromatic N) is 2. The minimum absolute atomic E-state index is 0.0469. The first-order valence-electron chi connectivity index (χ1n) is 7.59. The van der Waals surface area contributed by atoms with Crippen molar-refractivity contribution in [3.05, 3.63) is 59.9 Å². The van der Waals surface area contributed by atoms with E-state index in [1.54, 1.807) is 30.3 Å². The quantitative estimate of drug-likeness (QED) is 0.708. The summed E-state index contributed by atoms with van der Waals surface area (Å²) in [6.07, 6.45) is 1.49. The van der Waals surface area contributed by atoms with E-state index in [1.807, 2.05) is 0 Å². The van der Waals surface area contributed by atoms with Crippen LogP contribution in [0.25, 0.3) is 5.76 Å². The molecule has 3 rings (SSSR count). The number of anilines is 1. The highest BCUT2D eigenvalue weighted by atomic mass is 32.2. The van der Waals surface area contributed by atoms with Gasteiger partial charge in [0.2, 0.25) is 0 Å². The van der Waals surface area contributed by atoms with Crippen molar-refractivity contribution in [1.29, 1.82) is 0 Å². The Kier molecular flexibility index (Phi) is 5.81. The molecule has 0 bridgehead atoms. The Morgan fingerprint density at radius 1 is 1.11 bits per heavy atom. The summed E-state index contributed by atoms with van der Waals surface area (Å²) < 4.78 is 25.8. The summed E-state index contributed by atoms with van der Waals surface area (Å²) in [6.45, 7) is 1.08. The number of benzene rings is 1. The zero-order valence-electron chi connectivity index (χ0n) is 14.4. The maximum absolute atomic E-state index is 12.5. The van der Waals surface area contributed by atoms with Gasteiger partial charge in [-0.15, -0.1) is 0 Å². The van der Waals surface area contributed by atoms with Crippen molar-refractivity contribution in [2.24, 2.45) is 0 Å². The Bertz CT molecular complexity index is 998. The molecule has 1 aromatic carbocycles. The molecule has 2 aromatic rings. The predicted molar refractivity (Wildman–Crippen MR) is 97.1 cm³/mol. The Hall–Kier alpha value is -3.40. The van der Waals surface area contributed by atoms with Crippen molar-refractivity contribution < 1.29 is 28.2 Å². The Labute approximate surface area is 155 Å². The molecule has 27 heavy (non-hydrogen) atoms. The van der Waals surface area contributed by atoms with E-state index in [-0.39, 0.29) is 22.0 Å². The van der Waals surface area contributed by atoms with Gasteiger partial charge in [0.25, 0.3) is 21.9 Å². The van der Waals surface area contributed by atoms with Crippen LogP contribution in [0.4, 0.5) is 5.82 Å². The molecule has 0 aliphatic carbocycles. The molecule has 2 heterocycles. The lowest BCUT2D eigenvalue weighted by atomic mass is 10.1. The van der Waals surface area contributed by atoms with Gasteiger partial charge in [-0.2, -0.15) is 0 Å². The number of aliphatic hydroxyl groups is 1. The zero-order valence-corrected chi connectivity index (χ0v) is 15.3. The van der Waals surface area contributed by atoms with Gasteiger partial charge in [0.15, 0.2) is 11.5 Å². The summed E-state index contributed by atoms with van der Waals surface area (Å²) in [5.41, 5.74) is -0.258. The fourth-order valence-corrected chi connectivity index (χ4v) is 3.69. The van der Waals surface area contributed by atoms with Gasteiger partial charge in [-0.1, -0.05) is 18.2 Å². The molecular weight excluding hydrogens is 374 g/mol. The molecule has 1 aromatic heterocycles. The molecule has 1 aliphatic heterocycles. The van der Waals surface area contributed by atoms with Crippen LogP contribution >= 0.6 is 0 Å². The standard InChI is InChI=1S/C15H13N3O4S.C2H4O2/c1-18-13(15(20)17-12-8-4-5-9-16-12)14(19)10-6-2-3-7-11(10)23(18,21)22;1-2(3)4/h2-9,19H,1H3,(H,16,17,20);1H3,(H,3,4). The SMILES string of the molecule is CC(=O)O.CN1C(C(=O)Nc2ccccn2)=C(O)c2ccccc2S1(=O)=O. The monoisotopic (exact) mass is 391 g/mol. The Morgan fingerprint density at radius 3 is 2.30 bits per heavy atom. The average molecular weight is 391 g/mol. The number of carbonyl (C=O) groups excluding carboxylic acids is 1. The average Bonchev–Trinajstić information content (AvgIpc) is 2.61. The molecule has 0 fully saturated rings. The van der Waals surface area contributed by atoms with Gasteiger partial charge in [-0.25, -0.2) is 13.4 Å². The van der Waals surface area contributed by atoms with E-state index in [2.05, 4.69) is 10.3 Å². The van der Waals surface area contributed by atoms with Crippen LogP contribution in [0, 0.1) is 0 Å². The van der Waals surface area contributed by atoms with E-state index in [9.17, 15) is 18.3 Å². The number of hydrogen-bond donors (Lipinski definition) is 3. The molecule has 10 heteroatoms. The van der Waals surface area contributed by atoms with E-state index in [0.29, 0.717) is 0 Å². The van der Waals surface area contributed by atoms with Crippen molar-refractivity contribution in [3.8, 4) is 0 Å². The first-order valence-corrected chi connectivity index (χ1v) is 9.03. The second-order valence-corrected chi connectivity index (χ2v) is 7.29. The molecule has 9 nitrogen and oxygen atoms in total. The van der Waals surface area contributed by atoms with Gasteiger partial charge in [0.05, 0.1) is 4.90 Å². The maximum atomic E-state index is 12.5. The van der Waals surface area contributed by atoms with Crippen LogP contribution in [0.3, 0.4) is 0 Å². The second-order valence-electron chi connectivity index (χ2n) is 5.35. The predicted octanol–water partition coefficient (Wildman–Crippen LogP) is 1.67. The molecule has 0 radical (unpaired) electrons. The number of likely N-dealkylation sites (N-methyl/N-ethyl adjacent to an activating group) is 1. The number of carbonyl (C=O) groups is 2. The summed E-state index contributed by atoms with van der Waals surface area (Å²) >= 11 is 0. The number of carboxylic acids is 1. The topological polar surface area (TPSA) is 137 Å². The van der Waals surface area contributed by atoms with Crippen LogP contribution < -0.4 is 5.32 Å². The smallest absolute Gasteiger partial charge is 0.300 e. The third-order valence-corrected chi connectivity index (χ3v) is 5.26. The third-order valence-electron chi connectivity index (χ3n) is 3.44. The van der Waals surface area contributed by atoms with E-state index >= 15 is 0 Å². The van der Waals surface area contributed by atoms with Crippen LogP contribution in [-0.4, -0.2) is 46.8 Å². The van der Waals surface area contributed by atoms with Crippen LogP contribution in [-0.2, 0) is 19.6 Å². The number of amides is 1. The second kappa shape index (κ2) is 7.87. The van der Waals surface area contributed by atoms with Crippen molar-refractivity contribution in [3.63, 3.8) is 0 Å². The number of fused-ring (bicyclic) bond motifs is 1. The van der Waals surface area contributed by atoms with Gasteiger partial charge < -0.3 is 15.5 Å². The van der Waals surface area contributed by atoms with Gasteiger partial charge >= 0.3 is 0 Å². The summed E-state index contributed by atoms with van der Waals surface area (Å²) in [4.78, 5) is 25.3. The van der Waals surface area contributed by atoms with Crippen LogP contribution in [0.15, 0.2) is 59.3 Å². The number of hydrogen-bond acceptors (Lipinski definition) is 6. The van der Waals surface area contributed by atoms with Crippen LogP contribution in [0.1, 0.15) is 12.5 Å². The molecule has 1 aliphatic rings. The molecule has 3 N–H and O–H groups in total. The van der Waals surface area contributed by atoms with Crippen molar-refractivity contribution in [1.82, 2.24) is 9.29 Å². The number of aliphatic carboxylic acids is 1. The molecule has 142 valence electrons. The molecule has 0 unspecified atom stereocenters. The molecule has 0 spiro atoms. The van der Waals surface area contributed by atoms with Gasteiger partial charge in [0.1, 0.15) is 5.82 Å². The summed E-state index contributed by atoms with van der Waals surface area (Å²) in [5, 5.41) is 20.2. The van der Waals surface area contributed by atoms with Crippen molar-refractivity contribution in [2.45, 2.75) is 11.8 Å². The number of aliphatic hydroxyl groups excluding tert-OH is 1. The van der Waals surface area contributed by atoms with Crippen LogP contribution in [0.5, 0.6) is 0 Å². The lowest BCUT2D eigenvalue weighted by Gasteiger charge is -2.28. The first kappa shape index (κ1) is 19.9. The molecule has 0 saturated carbocycles. The number of rotatable bonds is 2. The van der Waals surface area contributed by atoms with E-state index < -0.39 is 27.7 Å². The third kappa shape index (κ3) is 4.23. The highest BCUT2D eigenvalue weighted by Crippen LogP contribution is 2.34. The Morgan fingerprint density at radius 2 is 1.70 bits per heavy atom. The normalized spacial score (nSPS) is 14.5. The largest absolute Gasteiger partial charge is 0.505 e. The van der Waals surface area contributed by atoms with E-state index in [0.717, 1.165) is 11.2 Å². The van der Waals surface area contributed by atoms with Crippen LogP contribution in [0.2, 0.25) is 0 Å². The lowest BCUT2D eigenvalue weighted by molar-refractivity contribution is -0.134. The fourth-order valence-electron chi connectivity index (χ4n) is 2.29. The summed E-state index contributed by atoms with van der Waals surface area (Å²) in [5.74, 6) is -1.74. The number of carboxylic acid groups (broad SMARTS) is 1. The van der Waals surface area contributed by atoms with E-state index in [4.69, 9.17) is 9.90 Å². The Balaban J connectivity index is 0.000000596. The van der Waals surface area contributed by atoms with Crippen molar-refractivity contribution in [2.75, 3.05) is 12.4 Å². The zero-order chi connectivity index (χ0) is 20.2. The summed E-state index contributed by atoms with van der Waals surface area (Å²) in [7, 11) is -2.69. The highest BCUT2D eigenvalue weighted by molar-refractivity contribution is 7.89. The maximum Gasteiger partial charge on any atom is 0.300 e. The highest BCUT2D eigenvalue weighted by Gasteiger charge is 2.37. The number of sulfonamides is 1. The van der Waals surface area contributed by atoms with Crippen molar-refractivity contribution >= 4 is 33.5 Å². The minimum Gasteiger partial charge on any atom is -0.505 e. The van der Waals surface area contributed by atoms with Gasteiger partial charge in [-0.3, -0.25) is 13.9 Å². The van der Waals surface area contributed by atoms with Gasteiger partial charge in [0, 0.05) is 25.7 Å². The first-order chi connectivity index (χ1) is 12.7. The number of pyridine rings is 1. The number of aromatic nitrogens is 1. The van der Waals surface area contributed by atoms with Gasteiger partial charge in [-0.05, 0) is 24.3 Å². The minimum atomic E-state index is -3.91. The molecule has 1 amide bonds. The molecule has 0 saturated heterocycles. The fraction of sp³-hybridized carbons (Fsp3) is 0.118.